The van der Waals surface area contributed by atoms with Gasteiger partial charge in [0.15, 0.2) is 5.78 Å². The zero-order valence-corrected chi connectivity index (χ0v) is 11.5. The van der Waals surface area contributed by atoms with E-state index < -0.39 is 0 Å². The predicted molar refractivity (Wildman–Crippen MR) is 78.1 cm³/mol. The van der Waals surface area contributed by atoms with Crippen molar-refractivity contribution in [3.63, 3.8) is 0 Å². The van der Waals surface area contributed by atoms with Gasteiger partial charge in [-0.15, -0.1) is 0 Å². The molecule has 2 aromatic carbocycles. The van der Waals surface area contributed by atoms with E-state index in [-0.39, 0.29) is 11.7 Å². The quantitative estimate of drug-likeness (QED) is 0.848. The van der Waals surface area contributed by atoms with Crippen LogP contribution in [0.5, 0.6) is 0 Å². The number of amides is 1. The van der Waals surface area contributed by atoms with Crippen molar-refractivity contribution in [3.05, 3.63) is 64.2 Å². The van der Waals surface area contributed by atoms with Crippen molar-refractivity contribution in [2.75, 3.05) is 5.32 Å². The van der Waals surface area contributed by atoms with Gasteiger partial charge in [-0.3, -0.25) is 9.59 Å². The molecular weight excluding hydrogens is 250 g/mol. The molecule has 1 heterocycles. The molecule has 1 aliphatic heterocycles. The average molecular weight is 265 g/mol. The van der Waals surface area contributed by atoms with Gasteiger partial charge in [-0.1, -0.05) is 18.2 Å². The summed E-state index contributed by atoms with van der Waals surface area (Å²) in [6.45, 7) is 3.89. The van der Waals surface area contributed by atoms with Crippen LogP contribution in [-0.4, -0.2) is 11.7 Å². The molecule has 0 spiro atoms. The van der Waals surface area contributed by atoms with Crippen LogP contribution in [-0.2, 0) is 11.2 Å². The van der Waals surface area contributed by atoms with Crippen molar-refractivity contribution in [3.8, 4) is 0 Å². The first-order valence-electron chi connectivity index (χ1n) is 6.60. The molecule has 3 nitrogen and oxygen atoms in total. The summed E-state index contributed by atoms with van der Waals surface area (Å²) in [5.74, 6) is -0.000537. The van der Waals surface area contributed by atoms with Gasteiger partial charge in [0.2, 0.25) is 5.91 Å². The Morgan fingerprint density at radius 2 is 1.80 bits per heavy atom. The standard InChI is InChI=1S/C17H15NO2/c1-10-4-3-5-11(2)16(10)17(20)12-6-7-14-13(8-12)9-15(19)18-14/h3-8H,9H2,1-2H3,(H,18,19). The lowest BCUT2D eigenvalue weighted by atomic mass is 9.94. The van der Waals surface area contributed by atoms with Gasteiger partial charge in [0.25, 0.3) is 0 Å². The van der Waals surface area contributed by atoms with Gasteiger partial charge in [-0.05, 0) is 48.7 Å². The van der Waals surface area contributed by atoms with Crippen molar-refractivity contribution in [2.24, 2.45) is 0 Å². The van der Waals surface area contributed by atoms with Crippen molar-refractivity contribution in [1.29, 1.82) is 0 Å². The van der Waals surface area contributed by atoms with E-state index in [1.165, 1.54) is 0 Å². The number of anilines is 1. The molecule has 3 heteroatoms. The first-order valence-corrected chi connectivity index (χ1v) is 6.60. The maximum absolute atomic E-state index is 12.7. The number of hydrogen-bond donors (Lipinski definition) is 1. The van der Waals surface area contributed by atoms with Crippen LogP contribution < -0.4 is 5.32 Å². The molecule has 0 fully saturated rings. The Hall–Kier alpha value is -2.42. The smallest absolute Gasteiger partial charge is 0.228 e. The first-order chi connectivity index (χ1) is 9.56. The van der Waals surface area contributed by atoms with Crippen LogP contribution in [0.2, 0.25) is 0 Å². The minimum atomic E-state index is -0.0170. The molecule has 20 heavy (non-hydrogen) atoms. The lowest BCUT2D eigenvalue weighted by molar-refractivity contribution is -0.115. The Morgan fingerprint density at radius 3 is 2.50 bits per heavy atom. The van der Waals surface area contributed by atoms with Gasteiger partial charge in [0, 0.05) is 16.8 Å². The maximum atomic E-state index is 12.7. The number of hydrogen-bond acceptors (Lipinski definition) is 2. The highest BCUT2D eigenvalue weighted by Gasteiger charge is 2.20. The number of carbonyl (C=O) groups excluding carboxylic acids is 2. The van der Waals surface area contributed by atoms with Crippen molar-refractivity contribution >= 4 is 17.4 Å². The van der Waals surface area contributed by atoms with Crippen LogP contribution in [0.3, 0.4) is 0 Å². The van der Waals surface area contributed by atoms with Crippen LogP contribution in [0.15, 0.2) is 36.4 Å². The number of benzene rings is 2. The highest BCUT2D eigenvalue weighted by molar-refractivity contribution is 6.11. The molecule has 0 aromatic heterocycles. The van der Waals surface area contributed by atoms with Gasteiger partial charge in [-0.2, -0.15) is 0 Å². The molecule has 100 valence electrons. The van der Waals surface area contributed by atoms with Crippen molar-refractivity contribution < 1.29 is 9.59 Å². The summed E-state index contributed by atoms with van der Waals surface area (Å²) in [5.41, 5.74) is 5.05. The van der Waals surface area contributed by atoms with Gasteiger partial charge in [-0.25, -0.2) is 0 Å². The molecule has 0 aliphatic carbocycles. The van der Waals surface area contributed by atoms with Gasteiger partial charge < -0.3 is 5.32 Å². The molecule has 0 saturated carbocycles. The molecule has 0 bridgehead atoms. The Labute approximate surface area is 117 Å². The summed E-state index contributed by atoms with van der Waals surface area (Å²) < 4.78 is 0. The number of carbonyl (C=O) groups is 2. The Bertz CT molecular complexity index is 712. The maximum Gasteiger partial charge on any atom is 0.228 e. The lowest BCUT2D eigenvalue weighted by Gasteiger charge is -2.09. The van der Waals surface area contributed by atoms with E-state index in [0.29, 0.717) is 12.0 Å². The molecular formula is C17H15NO2. The molecule has 0 unspecified atom stereocenters. The van der Waals surface area contributed by atoms with Crippen LogP contribution in [0.25, 0.3) is 0 Å². The number of nitrogens with one attached hydrogen (secondary N) is 1. The summed E-state index contributed by atoms with van der Waals surface area (Å²) in [5, 5.41) is 2.78. The van der Waals surface area contributed by atoms with E-state index in [4.69, 9.17) is 0 Å². The second-order valence-electron chi connectivity index (χ2n) is 5.19. The van der Waals surface area contributed by atoms with E-state index in [1.807, 2.05) is 38.1 Å². The number of aryl methyl sites for hydroxylation is 2. The van der Waals surface area contributed by atoms with E-state index in [0.717, 1.165) is 27.9 Å². The molecule has 1 N–H and O–H groups in total. The highest BCUT2D eigenvalue weighted by Crippen LogP contribution is 2.26. The summed E-state index contributed by atoms with van der Waals surface area (Å²) in [7, 11) is 0. The van der Waals surface area contributed by atoms with Crippen LogP contribution in [0.1, 0.15) is 32.6 Å². The SMILES string of the molecule is Cc1cccc(C)c1C(=O)c1ccc2c(c1)CC(=O)N2. The number of ketones is 1. The minimum absolute atomic E-state index is 0.0164. The predicted octanol–water partition coefficient (Wildman–Crippen LogP) is 3.03. The van der Waals surface area contributed by atoms with E-state index in [2.05, 4.69) is 5.32 Å². The van der Waals surface area contributed by atoms with Crippen LogP contribution in [0, 0.1) is 13.8 Å². The molecule has 2 aromatic rings. The van der Waals surface area contributed by atoms with E-state index in [1.54, 1.807) is 12.1 Å². The number of fused-ring (bicyclic) bond motifs is 1. The Balaban J connectivity index is 2.04. The lowest BCUT2D eigenvalue weighted by Crippen LogP contribution is -2.06. The third kappa shape index (κ3) is 2.01. The molecule has 0 atom stereocenters. The average Bonchev–Trinajstić information content (AvgIpc) is 2.77. The second-order valence-corrected chi connectivity index (χ2v) is 5.19. The monoisotopic (exact) mass is 265 g/mol. The highest BCUT2D eigenvalue weighted by atomic mass is 16.1. The zero-order valence-electron chi connectivity index (χ0n) is 11.5. The fourth-order valence-corrected chi connectivity index (χ4v) is 2.69. The van der Waals surface area contributed by atoms with Gasteiger partial charge in [0.05, 0.1) is 6.42 Å². The zero-order chi connectivity index (χ0) is 14.3. The Morgan fingerprint density at radius 1 is 1.10 bits per heavy atom. The van der Waals surface area contributed by atoms with Crippen molar-refractivity contribution in [2.45, 2.75) is 20.3 Å². The van der Waals surface area contributed by atoms with Gasteiger partial charge in [0.1, 0.15) is 0 Å². The third-order valence-corrected chi connectivity index (χ3v) is 3.70. The minimum Gasteiger partial charge on any atom is -0.326 e. The first kappa shape index (κ1) is 12.6. The largest absolute Gasteiger partial charge is 0.326 e. The molecule has 0 radical (unpaired) electrons. The summed E-state index contributed by atoms with van der Waals surface area (Å²) >= 11 is 0. The number of rotatable bonds is 2. The molecule has 3 rings (SSSR count). The van der Waals surface area contributed by atoms with Crippen LogP contribution in [0.4, 0.5) is 5.69 Å². The van der Waals surface area contributed by atoms with Crippen molar-refractivity contribution in [1.82, 2.24) is 0 Å². The normalized spacial score (nSPS) is 13.0. The molecule has 1 aliphatic rings. The van der Waals surface area contributed by atoms with Crippen LogP contribution >= 0.6 is 0 Å². The summed E-state index contributed by atoms with van der Waals surface area (Å²) in [6.07, 6.45) is 0.350. The van der Waals surface area contributed by atoms with E-state index >= 15 is 0 Å². The fourth-order valence-electron chi connectivity index (χ4n) is 2.69. The Kier molecular flexibility index (Phi) is 2.90. The topological polar surface area (TPSA) is 46.2 Å². The second kappa shape index (κ2) is 4.60. The van der Waals surface area contributed by atoms with Gasteiger partial charge >= 0.3 is 0 Å². The summed E-state index contributed by atoms with van der Waals surface area (Å²) in [6, 6.07) is 11.2. The molecule has 0 saturated heterocycles. The fraction of sp³-hybridized carbons (Fsp3) is 0.176. The third-order valence-electron chi connectivity index (χ3n) is 3.70. The van der Waals surface area contributed by atoms with E-state index in [9.17, 15) is 9.59 Å². The molecule has 1 amide bonds. The summed E-state index contributed by atoms with van der Waals surface area (Å²) in [4.78, 5) is 24.0.